The molecule has 2 rings (SSSR count). The Balaban J connectivity index is 2.36. The van der Waals surface area contributed by atoms with E-state index in [1.54, 1.807) is 14.2 Å². The number of aryl methyl sites for hydroxylation is 1. The Morgan fingerprint density at radius 1 is 1.16 bits per heavy atom. The van der Waals surface area contributed by atoms with Crippen LogP contribution in [0.25, 0.3) is 0 Å². The lowest BCUT2D eigenvalue weighted by molar-refractivity contribution is -0.881. The Hall–Kier alpha value is -1.26. The summed E-state index contributed by atoms with van der Waals surface area (Å²) in [5.74, 6) is 1.43. The fraction of sp³-hybridized carbons (Fsp3) is 0.600. The number of hydroxylamine groups is 3. The Bertz CT molecular complexity index is 439. The zero-order valence-corrected chi connectivity index (χ0v) is 12.1. The monoisotopic (exact) mass is 265 g/mol. The summed E-state index contributed by atoms with van der Waals surface area (Å²) in [6.45, 7) is 4.00. The molecule has 1 aromatic rings. The van der Waals surface area contributed by atoms with Crippen LogP contribution in [0.1, 0.15) is 30.9 Å². The minimum Gasteiger partial charge on any atom is -0.633 e. The van der Waals surface area contributed by atoms with Gasteiger partial charge in [-0.2, -0.15) is 0 Å². The summed E-state index contributed by atoms with van der Waals surface area (Å²) in [7, 11) is 3.27. The lowest BCUT2D eigenvalue weighted by Crippen LogP contribution is -2.37. The van der Waals surface area contributed by atoms with Gasteiger partial charge in [0.25, 0.3) is 0 Å². The van der Waals surface area contributed by atoms with E-state index < -0.39 is 0 Å². The molecule has 0 spiro atoms. The van der Waals surface area contributed by atoms with Gasteiger partial charge >= 0.3 is 0 Å². The van der Waals surface area contributed by atoms with Crippen LogP contribution in [0.15, 0.2) is 12.1 Å². The van der Waals surface area contributed by atoms with Gasteiger partial charge in [0, 0.05) is 12.8 Å². The standard InChI is InChI=1S/C15H23NO3/c1-4-12-9-13(11-16(17)7-5-6-8-16)15(19-3)14(10-12)18-2/h9-10H,4-8,11H2,1-3H3. The van der Waals surface area contributed by atoms with Crippen LogP contribution < -0.4 is 9.47 Å². The zero-order valence-electron chi connectivity index (χ0n) is 12.1. The van der Waals surface area contributed by atoms with Gasteiger partial charge in [-0.05, 0) is 24.1 Å². The van der Waals surface area contributed by atoms with E-state index in [1.807, 2.05) is 6.07 Å². The van der Waals surface area contributed by atoms with Crippen molar-refractivity contribution in [2.45, 2.75) is 32.7 Å². The van der Waals surface area contributed by atoms with E-state index in [-0.39, 0.29) is 4.65 Å². The third-order valence-corrected chi connectivity index (χ3v) is 3.86. The van der Waals surface area contributed by atoms with Crippen molar-refractivity contribution >= 4 is 0 Å². The number of benzene rings is 1. The van der Waals surface area contributed by atoms with Crippen LogP contribution in [-0.4, -0.2) is 32.0 Å². The van der Waals surface area contributed by atoms with Crippen LogP contribution in [0.2, 0.25) is 0 Å². The second-order valence-electron chi connectivity index (χ2n) is 5.21. The summed E-state index contributed by atoms with van der Waals surface area (Å²) in [6.07, 6.45) is 2.97. The van der Waals surface area contributed by atoms with Gasteiger partial charge in [0.15, 0.2) is 11.5 Å². The van der Waals surface area contributed by atoms with E-state index in [0.29, 0.717) is 25.4 Å². The van der Waals surface area contributed by atoms with Crippen LogP contribution >= 0.6 is 0 Å². The molecule has 1 saturated heterocycles. The molecule has 106 valence electrons. The topological polar surface area (TPSA) is 41.5 Å². The lowest BCUT2D eigenvalue weighted by atomic mass is 10.1. The van der Waals surface area contributed by atoms with Crippen LogP contribution in [-0.2, 0) is 13.0 Å². The highest BCUT2D eigenvalue weighted by atomic mass is 16.5. The average molecular weight is 265 g/mol. The largest absolute Gasteiger partial charge is 0.633 e. The van der Waals surface area contributed by atoms with Crippen LogP contribution in [0.3, 0.4) is 0 Å². The maximum absolute atomic E-state index is 12.6. The maximum atomic E-state index is 12.6. The average Bonchev–Trinajstić information content (AvgIpc) is 2.84. The van der Waals surface area contributed by atoms with Crippen molar-refractivity contribution in [3.05, 3.63) is 28.5 Å². The molecule has 19 heavy (non-hydrogen) atoms. The first-order chi connectivity index (χ1) is 9.11. The third-order valence-electron chi connectivity index (χ3n) is 3.86. The van der Waals surface area contributed by atoms with Crippen molar-refractivity contribution in [1.29, 1.82) is 0 Å². The first-order valence-electron chi connectivity index (χ1n) is 6.92. The maximum Gasteiger partial charge on any atom is 0.169 e. The third kappa shape index (κ3) is 3.01. The van der Waals surface area contributed by atoms with Gasteiger partial charge in [-0.15, -0.1) is 0 Å². The summed E-state index contributed by atoms with van der Waals surface area (Å²) >= 11 is 0. The molecule has 0 radical (unpaired) electrons. The molecular formula is C15H23NO3. The summed E-state index contributed by atoms with van der Waals surface area (Å²) < 4.78 is 10.7. The highest BCUT2D eigenvalue weighted by Crippen LogP contribution is 2.35. The number of likely N-dealkylation sites (tertiary alicyclic amines) is 1. The molecule has 0 bridgehead atoms. The van der Waals surface area contributed by atoms with Crippen molar-refractivity contribution < 1.29 is 14.1 Å². The Kier molecular flexibility index (Phi) is 4.32. The molecule has 0 unspecified atom stereocenters. The molecule has 0 N–H and O–H groups in total. The van der Waals surface area contributed by atoms with E-state index in [0.717, 1.165) is 30.6 Å². The van der Waals surface area contributed by atoms with Crippen LogP contribution in [0.4, 0.5) is 0 Å². The second-order valence-corrected chi connectivity index (χ2v) is 5.21. The predicted octanol–water partition coefficient (Wildman–Crippen LogP) is 2.87. The summed E-state index contributed by atoms with van der Waals surface area (Å²) in [4.78, 5) is 0. The fourth-order valence-corrected chi connectivity index (χ4v) is 2.81. The number of hydrogen-bond acceptors (Lipinski definition) is 3. The molecule has 1 aromatic carbocycles. The van der Waals surface area contributed by atoms with E-state index >= 15 is 0 Å². The Morgan fingerprint density at radius 2 is 1.84 bits per heavy atom. The fourth-order valence-electron chi connectivity index (χ4n) is 2.81. The molecule has 1 aliphatic rings. The summed E-state index contributed by atoms with van der Waals surface area (Å²) in [5.41, 5.74) is 2.15. The summed E-state index contributed by atoms with van der Waals surface area (Å²) in [5, 5.41) is 12.6. The molecular weight excluding hydrogens is 242 g/mol. The zero-order chi connectivity index (χ0) is 13.9. The minimum atomic E-state index is -0.132. The number of nitrogens with zero attached hydrogens (tertiary/aromatic N) is 1. The van der Waals surface area contributed by atoms with Crippen LogP contribution in [0, 0.1) is 5.21 Å². The van der Waals surface area contributed by atoms with E-state index in [1.165, 1.54) is 5.56 Å². The van der Waals surface area contributed by atoms with Crippen molar-refractivity contribution in [2.24, 2.45) is 0 Å². The number of ether oxygens (including phenoxy) is 2. The van der Waals surface area contributed by atoms with Gasteiger partial charge in [-0.1, -0.05) is 6.92 Å². The van der Waals surface area contributed by atoms with E-state index in [4.69, 9.17) is 9.47 Å². The number of hydrogen-bond donors (Lipinski definition) is 0. The van der Waals surface area contributed by atoms with Crippen molar-refractivity contribution in [1.82, 2.24) is 0 Å². The van der Waals surface area contributed by atoms with Gasteiger partial charge in [0.05, 0.1) is 32.9 Å². The van der Waals surface area contributed by atoms with Gasteiger partial charge in [0.1, 0.15) is 6.54 Å². The van der Waals surface area contributed by atoms with Gasteiger partial charge in [0.2, 0.25) is 0 Å². The molecule has 1 aliphatic heterocycles. The predicted molar refractivity (Wildman–Crippen MR) is 75.2 cm³/mol. The smallest absolute Gasteiger partial charge is 0.169 e. The molecule has 4 heteroatoms. The number of methoxy groups -OCH3 is 2. The first-order valence-corrected chi connectivity index (χ1v) is 6.92. The quantitative estimate of drug-likeness (QED) is 0.607. The highest BCUT2D eigenvalue weighted by molar-refractivity contribution is 5.49. The van der Waals surface area contributed by atoms with Crippen LogP contribution in [0.5, 0.6) is 11.5 Å². The van der Waals surface area contributed by atoms with Gasteiger partial charge < -0.3 is 19.3 Å². The lowest BCUT2D eigenvalue weighted by Gasteiger charge is -2.38. The molecule has 0 amide bonds. The molecule has 0 saturated carbocycles. The molecule has 1 heterocycles. The molecule has 0 aromatic heterocycles. The molecule has 4 nitrogen and oxygen atoms in total. The second kappa shape index (κ2) is 5.80. The van der Waals surface area contributed by atoms with Gasteiger partial charge in [-0.25, -0.2) is 0 Å². The van der Waals surface area contributed by atoms with Crippen molar-refractivity contribution in [2.75, 3.05) is 27.3 Å². The van der Waals surface area contributed by atoms with Gasteiger partial charge in [-0.3, -0.25) is 0 Å². The number of quaternary nitrogens is 1. The summed E-state index contributed by atoms with van der Waals surface area (Å²) in [6, 6.07) is 4.07. The number of rotatable bonds is 5. The Labute approximate surface area is 115 Å². The molecule has 0 aliphatic carbocycles. The SMILES string of the molecule is CCc1cc(C[N+]2([O-])CCCC2)c(OC)c(OC)c1. The Morgan fingerprint density at radius 3 is 2.37 bits per heavy atom. The normalized spacial score (nSPS) is 17.5. The molecule has 0 atom stereocenters. The first kappa shape index (κ1) is 14.2. The minimum absolute atomic E-state index is 0.132. The highest BCUT2D eigenvalue weighted by Gasteiger charge is 2.26. The van der Waals surface area contributed by atoms with E-state index in [2.05, 4.69) is 13.0 Å². The van der Waals surface area contributed by atoms with Crippen molar-refractivity contribution in [3.8, 4) is 11.5 Å². The molecule has 1 fully saturated rings. The van der Waals surface area contributed by atoms with E-state index in [9.17, 15) is 5.21 Å². The van der Waals surface area contributed by atoms with Crippen molar-refractivity contribution in [3.63, 3.8) is 0 Å².